The summed E-state index contributed by atoms with van der Waals surface area (Å²) in [6.45, 7) is -0.877. The van der Waals surface area contributed by atoms with Crippen molar-refractivity contribution >= 4 is 11.6 Å². The Hall–Kier alpha value is -0.710. The van der Waals surface area contributed by atoms with E-state index in [1.54, 1.807) is 0 Å². The lowest BCUT2D eigenvalue weighted by Crippen LogP contribution is -2.43. The summed E-state index contributed by atoms with van der Waals surface area (Å²) in [5.74, 6) is -1.02. The first-order valence-corrected chi connectivity index (χ1v) is 5.36. The Morgan fingerprint density at radius 3 is 2.69 bits per heavy atom. The number of aliphatic hydroxyl groups is 1. The highest BCUT2D eigenvalue weighted by Gasteiger charge is 2.52. The van der Waals surface area contributed by atoms with Gasteiger partial charge in [0.25, 0.3) is 0 Å². The van der Waals surface area contributed by atoms with E-state index in [0.29, 0.717) is 6.42 Å². The van der Waals surface area contributed by atoms with Crippen LogP contribution in [0.5, 0.6) is 0 Å². The Kier molecular flexibility index (Phi) is 2.90. The van der Waals surface area contributed by atoms with E-state index in [1.165, 1.54) is 18.2 Å². The summed E-state index contributed by atoms with van der Waals surface area (Å²) in [5, 5.41) is 9.17. The summed E-state index contributed by atoms with van der Waals surface area (Å²) in [5.41, 5.74) is 4.73. The van der Waals surface area contributed by atoms with Crippen LogP contribution in [-0.2, 0) is 5.54 Å². The van der Waals surface area contributed by atoms with E-state index in [0.717, 1.165) is 0 Å². The van der Waals surface area contributed by atoms with Crippen LogP contribution in [0.25, 0.3) is 0 Å². The fourth-order valence-corrected chi connectivity index (χ4v) is 2.27. The van der Waals surface area contributed by atoms with Gasteiger partial charge >= 0.3 is 0 Å². The first kappa shape index (κ1) is 11.8. The number of aliphatic hydroxyl groups excluding tert-OH is 1. The number of benzene rings is 1. The van der Waals surface area contributed by atoms with Crippen molar-refractivity contribution in [2.45, 2.75) is 18.1 Å². The van der Waals surface area contributed by atoms with Crippen molar-refractivity contribution in [2.24, 2.45) is 11.7 Å². The Morgan fingerprint density at radius 2 is 2.19 bits per heavy atom. The van der Waals surface area contributed by atoms with E-state index in [-0.39, 0.29) is 10.6 Å². The van der Waals surface area contributed by atoms with Crippen LogP contribution in [0.2, 0.25) is 5.02 Å². The normalized spacial score (nSPS) is 27.6. The van der Waals surface area contributed by atoms with Gasteiger partial charge in [-0.15, -0.1) is 0 Å². The molecular weight excluding hydrogens is 236 g/mol. The van der Waals surface area contributed by atoms with Crippen LogP contribution in [-0.4, -0.2) is 17.9 Å². The van der Waals surface area contributed by atoms with E-state index in [1.807, 2.05) is 0 Å². The summed E-state index contributed by atoms with van der Waals surface area (Å²) in [6.07, 6.45) is -0.201. The standard InChI is InChI=1S/C11H12ClF2NO/c12-10-6(2-1-3-8(10)14)11(15,5-13)7-4-9(7)16/h1-3,7,9,16H,4-5,15H2/t7-,9?,11+/m0/s1. The van der Waals surface area contributed by atoms with Crippen LogP contribution >= 0.6 is 11.6 Å². The van der Waals surface area contributed by atoms with Gasteiger partial charge in [-0.25, -0.2) is 8.78 Å². The van der Waals surface area contributed by atoms with Crippen molar-refractivity contribution in [2.75, 3.05) is 6.67 Å². The SMILES string of the molecule is N[C@](CF)(c1cccc(F)c1Cl)[C@H]1CC1O. The van der Waals surface area contributed by atoms with Gasteiger partial charge in [-0.05, 0) is 18.1 Å². The molecule has 1 aliphatic rings. The van der Waals surface area contributed by atoms with Crippen molar-refractivity contribution in [3.8, 4) is 0 Å². The predicted octanol–water partition coefficient (Wildman–Crippen LogP) is 1.98. The average Bonchev–Trinajstić information content (AvgIpc) is 2.99. The molecule has 2 nitrogen and oxygen atoms in total. The zero-order valence-corrected chi connectivity index (χ0v) is 9.22. The lowest BCUT2D eigenvalue weighted by atomic mass is 9.87. The third-order valence-corrected chi connectivity index (χ3v) is 3.48. The summed E-state index contributed by atoms with van der Waals surface area (Å²) >= 11 is 5.77. The quantitative estimate of drug-likeness (QED) is 0.858. The zero-order valence-electron chi connectivity index (χ0n) is 8.46. The molecule has 1 saturated carbocycles. The van der Waals surface area contributed by atoms with E-state index in [2.05, 4.69) is 0 Å². The average molecular weight is 248 g/mol. The molecule has 0 spiro atoms. The molecule has 0 aromatic heterocycles. The first-order chi connectivity index (χ1) is 7.50. The molecule has 88 valence electrons. The number of nitrogens with two attached hydrogens (primary N) is 1. The molecule has 0 saturated heterocycles. The fraction of sp³-hybridized carbons (Fsp3) is 0.455. The predicted molar refractivity (Wildman–Crippen MR) is 57.4 cm³/mol. The van der Waals surface area contributed by atoms with Gasteiger partial charge in [-0.3, -0.25) is 0 Å². The topological polar surface area (TPSA) is 46.2 Å². The summed E-state index contributed by atoms with van der Waals surface area (Å²) in [4.78, 5) is 0. The van der Waals surface area contributed by atoms with Gasteiger partial charge in [0, 0.05) is 5.92 Å². The maximum Gasteiger partial charge on any atom is 0.142 e. The molecule has 0 bridgehead atoms. The smallest absolute Gasteiger partial charge is 0.142 e. The molecule has 5 heteroatoms. The number of rotatable bonds is 3. The van der Waals surface area contributed by atoms with Crippen LogP contribution in [0.4, 0.5) is 8.78 Å². The molecule has 0 aliphatic heterocycles. The van der Waals surface area contributed by atoms with E-state index >= 15 is 0 Å². The molecule has 3 N–H and O–H groups in total. The van der Waals surface area contributed by atoms with Crippen molar-refractivity contribution in [1.82, 2.24) is 0 Å². The van der Waals surface area contributed by atoms with E-state index in [9.17, 15) is 13.9 Å². The van der Waals surface area contributed by atoms with Crippen LogP contribution < -0.4 is 5.73 Å². The molecule has 2 rings (SSSR count). The zero-order chi connectivity index (χ0) is 11.9. The van der Waals surface area contributed by atoms with Crippen LogP contribution in [0.15, 0.2) is 18.2 Å². The second-order valence-corrected chi connectivity index (χ2v) is 4.56. The molecule has 0 heterocycles. The number of halogens is 3. The van der Waals surface area contributed by atoms with Gasteiger partial charge in [-0.1, -0.05) is 23.7 Å². The Morgan fingerprint density at radius 1 is 1.56 bits per heavy atom. The minimum atomic E-state index is -1.39. The minimum Gasteiger partial charge on any atom is -0.393 e. The van der Waals surface area contributed by atoms with Crippen molar-refractivity contribution in [3.63, 3.8) is 0 Å². The third-order valence-electron chi connectivity index (χ3n) is 3.09. The van der Waals surface area contributed by atoms with Gasteiger partial charge in [-0.2, -0.15) is 0 Å². The van der Waals surface area contributed by atoms with Crippen LogP contribution in [0.1, 0.15) is 12.0 Å². The molecule has 1 aromatic carbocycles. The molecule has 0 amide bonds. The van der Waals surface area contributed by atoms with Crippen LogP contribution in [0.3, 0.4) is 0 Å². The summed E-state index contributed by atoms with van der Waals surface area (Å²) in [6, 6.07) is 4.12. The molecule has 1 aromatic rings. The van der Waals surface area contributed by atoms with Crippen molar-refractivity contribution in [3.05, 3.63) is 34.6 Å². The maximum atomic E-state index is 13.3. The highest BCUT2D eigenvalue weighted by molar-refractivity contribution is 6.31. The number of hydrogen-bond donors (Lipinski definition) is 2. The van der Waals surface area contributed by atoms with Gasteiger partial charge in [0.1, 0.15) is 12.5 Å². The van der Waals surface area contributed by atoms with E-state index < -0.39 is 30.1 Å². The van der Waals surface area contributed by atoms with E-state index in [4.69, 9.17) is 17.3 Å². The van der Waals surface area contributed by atoms with Crippen LogP contribution in [0, 0.1) is 11.7 Å². The lowest BCUT2D eigenvalue weighted by Gasteiger charge is -2.28. The Bertz CT molecular complexity index is 415. The van der Waals surface area contributed by atoms with Crippen molar-refractivity contribution < 1.29 is 13.9 Å². The van der Waals surface area contributed by atoms with Gasteiger partial charge in [0.15, 0.2) is 0 Å². The number of alkyl halides is 1. The second kappa shape index (κ2) is 3.95. The Balaban J connectivity index is 2.44. The molecule has 0 radical (unpaired) electrons. The molecule has 1 aliphatic carbocycles. The molecular formula is C11H12ClF2NO. The molecule has 3 atom stereocenters. The Labute approximate surface area is 97.0 Å². The lowest BCUT2D eigenvalue weighted by molar-refractivity contribution is 0.198. The third kappa shape index (κ3) is 1.71. The monoisotopic (exact) mass is 247 g/mol. The van der Waals surface area contributed by atoms with Gasteiger partial charge in [0.2, 0.25) is 0 Å². The molecule has 16 heavy (non-hydrogen) atoms. The summed E-state index contributed by atoms with van der Waals surface area (Å²) < 4.78 is 26.3. The second-order valence-electron chi connectivity index (χ2n) is 4.18. The van der Waals surface area contributed by atoms with Gasteiger partial charge in [0.05, 0.1) is 16.7 Å². The molecule has 1 unspecified atom stereocenters. The summed E-state index contributed by atoms with van der Waals surface area (Å²) in [7, 11) is 0. The first-order valence-electron chi connectivity index (χ1n) is 4.98. The largest absolute Gasteiger partial charge is 0.393 e. The van der Waals surface area contributed by atoms with Gasteiger partial charge < -0.3 is 10.8 Å². The highest BCUT2D eigenvalue weighted by Crippen LogP contribution is 2.46. The highest BCUT2D eigenvalue weighted by atomic mass is 35.5. The molecule has 1 fully saturated rings. The number of hydrogen-bond acceptors (Lipinski definition) is 2. The maximum absolute atomic E-state index is 13.3. The minimum absolute atomic E-state index is 0.165. The fourth-order valence-electron chi connectivity index (χ4n) is 1.97. The van der Waals surface area contributed by atoms with Crippen molar-refractivity contribution in [1.29, 1.82) is 0 Å².